The lowest BCUT2D eigenvalue weighted by Crippen LogP contribution is -2.33. The Morgan fingerprint density at radius 2 is 2.05 bits per heavy atom. The van der Waals surface area contributed by atoms with Crippen molar-refractivity contribution in [3.05, 3.63) is 28.2 Å². The van der Waals surface area contributed by atoms with Crippen molar-refractivity contribution in [2.75, 3.05) is 13.1 Å². The van der Waals surface area contributed by atoms with Gasteiger partial charge in [0.15, 0.2) is 0 Å². The van der Waals surface area contributed by atoms with Crippen molar-refractivity contribution in [3.63, 3.8) is 0 Å². The molecule has 0 spiro atoms. The fraction of sp³-hybridized carbons (Fsp3) is 0.417. The number of aryl methyl sites for hydroxylation is 1. The van der Waals surface area contributed by atoms with Gasteiger partial charge >= 0.3 is 5.97 Å². The van der Waals surface area contributed by atoms with Crippen LogP contribution in [-0.4, -0.2) is 36.9 Å². The zero-order valence-corrected chi connectivity index (χ0v) is 13.2. The van der Waals surface area contributed by atoms with E-state index >= 15 is 0 Å². The predicted molar refractivity (Wildman–Crippen MR) is 75.6 cm³/mol. The van der Waals surface area contributed by atoms with Crippen LogP contribution in [0.2, 0.25) is 0 Å². The number of hydrogen-bond donors (Lipinski definition) is 1. The maximum atomic E-state index is 12.5. The molecule has 0 saturated carbocycles. The fourth-order valence-corrected chi connectivity index (χ4v) is 3.87. The SMILES string of the molecule is CCN(CCC(=O)O)S(=O)(=O)c1cc(Br)ccc1C. The number of benzene rings is 1. The zero-order chi connectivity index (χ0) is 14.6. The van der Waals surface area contributed by atoms with Crippen molar-refractivity contribution >= 4 is 31.9 Å². The van der Waals surface area contributed by atoms with Crippen molar-refractivity contribution in [2.24, 2.45) is 0 Å². The van der Waals surface area contributed by atoms with Crippen LogP contribution in [0.3, 0.4) is 0 Å². The first kappa shape index (κ1) is 16.1. The zero-order valence-electron chi connectivity index (χ0n) is 10.8. The van der Waals surface area contributed by atoms with Crippen LogP contribution >= 0.6 is 15.9 Å². The molecule has 0 aliphatic carbocycles. The van der Waals surface area contributed by atoms with Gasteiger partial charge in [-0.3, -0.25) is 4.79 Å². The highest BCUT2D eigenvalue weighted by Crippen LogP contribution is 2.23. The number of aliphatic carboxylic acids is 1. The molecule has 0 unspecified atom stereocenters. The van der Waals surface area contributed by atoms with E-state index in [0.717, 1.165) is 0 Å². The molecular formula is C12H16BrNO4S. The standard InChI is InChI=1S/C12H16BrNO4S/c1-3-14(7-6-12(15)16)19(17,18)11-8-10(13)5-4-9(11)2/h4-5,8H,3,6-7H2,1-2H3,(H,15,16). The summed E-state index contributed by atoms with van der Waals surface area (Å²) in [4.78, 5) is 10.8. The van der Waals surface area contributed by atoms with E-state index in [1.54, 1.807) is 26.0 Å². The summed E-state index contributed by atoms with van der Waals surface area (Å²) in [6.45, 7) is 3.61. The molecule has 0 aromatic heterocycles. The molecule has 7 heteroatoms. The van der Waals surface area contributed by atoms with E-state index in [1.807, 2.05) is 0 Å². The molecule has 0 radical (unpaired) electrons. The average molecular weight is 350 g/mol. The lowest BCUT2D eigenvalue weighted by atomic mass is 10.2. The van der Waals surface area contributed by atoms with E-state index in [1.165, 1.54) is 10.4 Å². The monoisotopic (exact) mass is 349 g/mol. The van der Waals surface area contributed by atoms with Crippen molar-refractivity contribution < 1.29 is 18.3 Å². The molecule has 0 aliphatic heterocycles. The molecule has 0 fully saturated rings. The molecule has 0 bridgehead atoms. The summed E-state index contributed by atoms with van der Waals surface area (Å²) in [5.41, 5.74) is 0.636. The van der Waals surface area contributed by atoms with Crippen molar-refractivity contribution in [2.45, 2.75) is 25.2 Å². The van der Waals surface area contributed by atoms with Crippen molar-refractivity contribution in [1.82, 2.24) is 4.31 Å². The van der Waals surface area contributed by atoms with E-state index in [-0.39, 0.29) is 24.4 Å². The van der Waals surface area contributed by atoms with Gasteiger partial charge in [0.05, 0.1) is 11.3 Å². The molecule has 19 heavy (non-hydrogen) atoms. The molecule has 0 amide bonds. The normalized spacial score (nSPS) is 11.8. The van der Waals surface area contributed by atoms with E-state index < -0.39 is 16.0 Å². The Labute approximate surface area is 121 Å². The van der Waals surface area contributed by atoms with Gasteiger partial charge in [-0.05, 0) is 24.6 Å². The van der Waals surface area contributed by atoms with E-state index in [9.17, 15) is 13.2 Å². The highest BCUT2D eigenvalue weighted by molar-refractivity contribution is 9.10. The van der Waals surface area contributed by atoms with Crippen LogP contribution in [0.4, 0.5) is 0 Å². The summed E-state index contributed by atoms with van der Waals surface area (Å²) in [6, 6.07) is 5.01. The summed E-state index contributed by atoms with van der Waals surface area (Å²) >= 11 is 3.24. The molecule has 0 saturated heterocycles. The largest absolute Gasteiger partial charge is 0.481 e. The summed E-state index contributed by atoms with van der Waals surface area (Å²) in [5, 5.41) is 8.66. The first-order valence-electron chi connectivity index (χ1n) is 5.77. The van der Waals surface area contributed by atoms with Crippen LogP contribution < -0.4 is 0 Å². The number of carboxylic acid groups (broad SMARTS) is 1. The molecule has 5 nitrogen and oxygen atoms in total. The van der Waals surface area contributed by atoms with Crippen LogP contribution in [0, 0.1) is 6.92 Å². The van der Waals surface area contributed by atoms with Gasteiger partial charge in [0.2, 0.25) is 10.0 Å². The summed E-state index contributed by atoms with van der Waals surface area (Å²) in [6.07, 6.45) is -0.208. The molecule has 0 heterocycles. The second-order valence-corrected chi connectivity index (χ2v) is 6.87. The molecule has 1 aromatic carbocycles. The minimum atomic E-state index is -3.66. The minimum Gasteiger partial charge on any atom is -0.481 e. The third-order valence-corrected chi connectivity index (χ3v) is 5.31. The van der Waals surface area contributed by atoms with E-state index in [0.29, 0.717) is 10.0 Å². The Morgan fingerprint density at radius 1 is 1.42 bits per heavy atom. The smallest absolute Gasteiger partial charge is 0.304 e. The van der Waals surface area contributed by atoms with E-state index in [2.05, 4.69) is 15.9 Å². The number of halogens is 1. The Kier molecular flexibility index (Phi) is 5.51. The summed E-state index contributed by atoms with van der Waals surface area (Å²) in [5.74, 6) is -1.01. The Balaban J connectivity index is 3.13. The molecule has 106 valence electrons. The number of carboxylic acids is 1. The summed E-state index contributed by atoms with van der Waals surface area (Å²) < 4.78 is 26.8. The Bertz CT molecular complexity index is 571. The third kappa shape index (κ3) is 4.02. The average Bonchev–Trinajstić information content (AvgIpc) is 2.32. The van der Waals surface area contributed by atoms with Gasteiger partial charge in [0, 0.05) is 17.6 Å². The van der Waals surface area contributed by atoms with Crippen molar-refractivity contribution in [3.8, 4) is 0 Å². The lowest BCUT2D eigenvalue weighted by Gasteiger charge is -2.21. The molecule has 1 N–H and O–H groups in total. The molecular weight excluding hydrogens is 334 g/mol. The number of rotatable bonds is 6. The number of hydrogen-bond acceptors (Lipinski definition) is 3. The van der Waals surface area contributed by atoms with E-state index in [4.69, 9.17) is 5.11 Å². The Hall–Kier alpha value is -0.920. The van der Waals surface area contributed by atoms with Crippen LogP contribution in [0.15, 0.2) is 27.6 Å². The maximum absolute atomic E-state index is 12.5. The second kappa shape index (κ2) is 6.49. The number of carbonyl (C=O) groups is 1. The summed E-state index contributed by atoms with van der Waals surface area (Å²) in [7, 11) is -3.66. The number of nitrogens with zero attached hydrogens (tertiary/aromatic N) is 1. The third-order valence-electron chi connectivity index (χ3n) is 2.70. The fourth-order valence-electron chi connectivity index (χ4n) is 1.66. The topological polar surface area (TPSA) is 74.7 Å². The van der Waals surface area contributed by atoms with Crippen LogP contribution in [-0.2, 0) is 14.8 Å². The van der Waals surface area contributed by atoms with Crippen molar-refractivity contribution in [1.29, 1.82) is 0 Å². The van der Waals surface area contributed by atoms with Gasteiger partial charge < -0.3 is 5.11 Å². The van der Waals surface area contributed by atoms with Crippen LogP contribution in [0.1, 0.15) is 18.9 Å². The molecule has 0 atom stereocenters. The van der Waals surface area contributed by atoms with Gasteiger partial charge in [0.25, 0.3) is 0 Å². The molecule has 0 aliphatic rings. The lowest BCUT2D eigenvalue weighted by molar-refractivity contribution is -0.137. The minimum absolute atomic E-state index is 0.0277. The first-order chi connectivity index (χ1) is 8.78. The Morgan fingerprint density at radius 3 is 2.58 bits per heavy atom. The van der Waals surface area contributed by atoms with Gasteiger partial charge in [-0.15, -0.1) is 0 Å². The first-order valence-corrected chi connectivity index (χ1v) is 8.00. The van der Waals surface area contributed by atoms with Gasteiger partial charge in [-0.2, -0.15) is 4.31 Å². The van der Waals surface area contributed by atoms with Gasteiger partial charge in [-0.25, -0.2) is 8.42 Å². The van der Waals surface area contributed by atoms with Crippen LogP contribution in [0.25, 0.3) is 0 Å². The predicted octanol–water partition coefficient (Wildman–Crippen LogP) is 2.24. The molecule has 1 aromatic rings. The quantitative estimate of drug-likeness (QED) is 0.854. The van der Waals surface area contributed by atoms with Crippen LogP contribution in [0.5, 0.6) is 0 Å². The number of sulfonamides is 1. The molecule has 1 rings (SSSR count). The highest BCUT2D eigenvalue weighted by atomic mass is 79.9. The maximum Gasteiger partial charge on any atom is 0.304 e. The van der Waals surface area contributed by atoms with Gasteiger partial charge in [0.1, 0.15) is 0 Å². The second-order valence-electron chi connectivity index (χ2n) is 4.05. The van der Waals surface area contributed by atoms with Gasteiger partial charge in [-0.1, -0.05) is 28.9 Å². The highest BCUT2D eigenvalue weighted by Gasteiger charge is 2.25.